The molecule has 2 rings (SSSR count). The molecule has 0 amide bonds. The van der Waals surface area contributed by atoms with E-state index in [4.69, 9.17) is 37.6 Å². The molecular formula is C14H14ClFN2O3. The van der Waals surface area contributed by atoms with Crippen molar-refractivity contribution in [3.8, 4) is 17.2 Å². The molecule has 0 atom stereocenters. The van der Waals surface area contributed by atoms with E-state index < -0.39 is 5.82 Å². The number of hydrogen-bond donors (Lipinski definition) is 3. The van der Waals surface area contributed by atoms with Crippen molar-refractivity contribution in [2.45, 2.75) is 6.61 Å². The molecule has 0 heterocycles. The van der Waals surface area contributed by atoms with Gasteiger partial charge in [-0.2, -0.15) is 0 Å². The van der Waals surface area contributed by atoms with Crippen LogP contribution < -0.4 is 20.9 Å². The van der Waals surface area contributed by atoms with Crippen LogP contribution in [0.1, 0.15) is 5.56 Å². The molecule has 2 aromatic rings. The van der Waals surface area contributed by atoms with E-state index in [0.717, 1.165) is 0 Å². The van der Waals surface area contributed by atoms with Crippen LogP contribution >= 0.6 is 11.6 Å². The highest BCUT2D eigenvalue weighted by molar-refractivity contribution is 6.33. The average molecular weight is 313 g/mol. The van der Waals surface area contributed by atoms with Crippen LogP contribution in [-0.2, 0) is 6.61 Å². The highest BCUT2D eigenvalue weighted by atomic mass is 35.5. The van der Waals surface area contributed by atoms with Crippen LogP contribution in [0.15, 0.2) is 24.3 Å². The molecule has 0 saturated heterocycles. The second kappa shape index (κ2) is 6.07. The van der Waals surface area contributed by atoms with E-state index in [-0.39, 0.29) is 34.5 Å². The van der Waals surface area contributed by atoms with E-state index in [1.807, 2.05) is 0 Å². The van der Waals surface area contributed by atoms with Gasteiger partial charge in [-0.15, -0.1) is 0 Å². The first kappa shape index (κ1) is 15.2. The first-order valence-corrected chi connectivity index (χ1v) is 6.34. The Labute approximate surface area is 125 Å². The Morgan fingerprint density at radius 1 is 1.19 bits per heavy atom. The van der Waals surface area contributed by atoms with E-state index in [1.54, 1.807) is 12.1 Å². The smallest absolute Gasteiger partial charge is 0.188 e. The minimum Gasteiger partial charge on any atom is -0.493 e. The monoisotopic (exact) mass is 312 g/mol. The number of methoxy groups -OCH3 is 1. The molecule has 5 N–H and O–H groups in total. The van der Waals surface area contributed by atoms with Gasteiger partial charge < -0.3 is 26.0 Å². The Hall–Kier alpha value is -2.18. The molecule has 0 radical (unpaired) electrons. The van der Waals surface area contributed by atoms with Gasteiger partial charge >= 0.3 is 0 Å². The normalized spacial score (nSPS) is 10.5. The van der Waals surface area contributed by atoms with E-state index in [2.05, 4.69) is 0 Å². The van der Waals surface area contributed by atoms with Crippen LogP contribution in [0.2, 0.25) is 5.02 Å². The molecule has 0 fully saturated rings. The van der Waals surface area contributed by atoms with Crippen molar-refractivity contribution in [1.82, 2.24) is 0 Å². The van der Waals surface area contributed by atoms with E-state index >= 15 is 0 Å². The summed E-state index contributed by atoms with van der Waals surface area (Å²) >= 11 is 5.74. The molecule has 0 spiro atoms. The minimum absolute atomic E-state index is 0.0164. The number of nitrogens with two attached hydrogens (primary N) is 2. The summed E-state index contributed by atoms with van der Waals surface area (Å²) < 4.78 is 24.7. The fourth-order valence-electron chi connectivity index (χ4n) is 1.76. The minimum atomic E-state index is -0.845. The Morgan fingerprint density at radius 3 is 2.52 bits per heavy atom. The van der Waals surface area contributed by atoms with Crippen LogP contribution in [0.25, 0.3) is 0 Å². The van der Waals surface area contributed by atoms with Gasteiger partial charge in [0.1, 0.15) is 5.02 Å². The van der Waals surface area contributed by atoms with Gasteiger partial charge in [0, 0.05) is 0 Å². The first-order chi connectivity index (χ1) is 9.97. The lowest BCUT2D eigenvalue weighted by molar-refractivity contribution is 0.280. The number of halogens is 2. The lowest BCUT2D eigenvalue weighted by Gasteiger charge is -2.14. The van der Waals surface area contributed by atoms with Gasteiger partial charge in [-0.05, 0) is 23.8 Å². The van der Waals surface area contributed by atoms with Crippen molar-refractivity contribution < 1.29 is 19.0 Å². The number of benzene rings is 2. The van der Waals surface area contributed by atoms with Gasteiger partial charge in [-0.1, -0.05) is 17.7 Å². The number of anilines is 2. The average Bonchev–Trinajstić information content (AvgIpc) is 2.49. The van der Waals surface area contributed by atoms with E-state index in [1.165, 1.54) is 19.2 Å². The maximum Gasteiger partial charge on any atom is 0.188 e. The summed E-state index contributed by atoms with van der Waals surface area (Å²) in [6.07, 6.45) is 0. The predicted molar refractivity (Wildman–Crippen MR) is 79.2 cm³/mol. The van der Waals surface area contributed by atoms with Gasteiger partial charge in [-0.3, -0.25) is 0 Å². The van der Waals surface area contributed by atoms with Crippen LogP contribution in [-0.4, -0.2) is 12.2 Å². The summed E-state index contributed by atoms with van der Waals surface area (Å²) in [5.41, 5.74) is 11.9. The molecule has 7 heteroatoms. The number of aliphatic hydroxyl groups excluding tert-OH is 1. The SMILES string of the molecule is COc1cc(CO)ccc1Oc1c(N)cc(N)c(Cl)c1F. The van der Waals surface area contributed by atoms with Gasteiger partial charge in [0.25, 0.3) is 0 Å². The summed E-state index contributed by atoms with van der Waals surface area (Å²) in [5, 5.41) is 8.83. The van der Waals surface area contributed by atoms with Crippen LogP contribution in [0.3, 0.4) is 0 Å². The molecule has 21 heavy (non-hydrogen) atoms. The van der Waals surface area contributed by atoms with E-state index in [0.29, 0.717) is 11.3 Å². The van der Waals surface area contributed by atoms with Crippen molar-refractivity contribution in [1.29, 1.82) is 0 Å². The molecule has 0 aliphatic carbocycles. The third kappa shape index (κ3) is 2.96. The maximum absolute atomic E-state index is 14.1. The fraction of sp³-hybridized carbons (Fsp3) is 0.143. The molecule has 0 aromatic heterocycles. The topological polar surface area (TPSA) is 90.7 Å². The largest absolute Gasteiger partial charge is 0.493 e. The van der Waals surface area contributed by atoms with Gasteiger partial charge in [0.05, 0.1) is 25.1 Å². The van der Waals surface area contributed by atoms with Crippen molar-refractivity contribution in [3.63, 3.8) is 0 Å². The number of nitrogen functional groups attached to an aromatic ring is 2. The van der Waals surface area contributed by atoms with Crippen LogP contribution in [0.4, 0.5) is 15.8 Å². The lowest BCUT2D eigenvalue weighted by Crippen LogP contribution is -2.01. The van der Waals surface area contributed by atoms with Gasteiger partial charge in [0.15, 0.2) is 23.1 Å². The Kier molecular flexibility index (Phi) is 4.40. The molecular weight excluding hydrogens is 299 g/mol. The summed E-state index contributed by atoms with van der Waals surface area (Å²) in [6, 6.07) is 6.04. The van der Waals surface area contributed by atoms with Crippen molar-refractivity contribution in [2.75, 3.05) is 18.6 Å². The molecule has 2 aromatic carbocycles. The van der Waals surface area contributed by atoms with Crippen molar-refractivity contribution >= 4 is 23.0 Å². The maximum atomic E-state index is 14.1. The van der Waals surface area contributed by atoms with Crippen LogP contribution in [0, 0.1) is 5.82 Å². The highest BCUT2D eigenvalue weighted by Crippen LogP contribution is 2.40. The fourth-order valence-corrected chi connectivity index (χ4v) is 1.90. The second-order valence-corrected chi connectivity index (χ2v) is 4.64. The molecule has 0 aliphatic rings. The molecule has 0 saturated carbocycles. The van der Waals surface area contributed by atoms with Crippen molar-refractivity contribution in [2.24, 2.45) is 0 Å². The number of aliphatic hydroxyl groups is 1. The standard InChI is InChI=1S/C14H14ClFN2O3/c1-20-11-4-7(6-19)2-3-10(11)21-14-9(18)5-8(17)12(15)13(14)16/h2-5,19H,6,17-18H2,1H3. The third-order valence-corrected chi connectivity index (χ3v) is 3.23. The molecule has 0 unspecified atom stereocenters. The van der Waals surface area contributed by atoms with E-state index in [9.17, 15) is 4.39 Å². The summed E-state index contributed by atoms with van der Waals surface area (Å²) in [4.78, 5) is 0. The molecule has 0 bridgehead atoms. The molecule has 112 valence electrons. The Balaban J connectivity index is 2.46. The highest BCUT2D eigenvalue weighted by Gasteiger charge is 2.18. The first-order valence-electron chi connectivity index (χ1n) is 5.96. The van der Waals surface area contributed by atoms with Gasteiger partial charge in [0.2, 0.25) is 0 Å². The lowest BCUT2D eigenvalue weighted by atomic mass is 10.2. The van der Waals surface area contributed by atoms with Crippen LogP contribution in [0.5, 0.6) is 17.2 Å². The predicted octanol–water partition coefficient (Wildman–Crippen LogP) is 2.94. The van der Waals surface area contributed by atoms with Gasteiger partial charge in [-0.25, -0.2) is 4.39 Å². The zero-order valence-corrected chi connectivity index (χ0v) is 11.9. The Bertz CT molecular complexity index is 680. The zero-order valence-electron chi connectivity index (χ0n) is 11.2. The van der Waals surface area contributed by atoms with Crippen molar-refractivity contribution in [3.05, 3.63) is 40.7 Å². The third-order valence-electron chi connectivity index (χ3n) is 2.84. The summed E-state index contributed by atoms with van der Waals surface area (Å²) in [5.74, 6) is -0.513. The zero-order chi connectivity index (χ0) is 15.6. The number of ether oxygens (including phenoxy) is 2. The number of rotatable bonds is 4. The summed E-state index contributed by atoms with van der Waals surface area (Å²) in [7, 11) is 1.43. The summed E-state index contributed by atoms with van der Waals surface area (Å²) in [6.45, 7) is -0.152. The number of hydrogen-bond acceptors (Lipinski definition) is 5. The second-order valence-electron chi connectivity index (χ2n) is 4.26. The quantitative estimate of drug-likeness (QED) is 0.755. The molecule has 5 nitrogen and oxygen atoms in total. The molecule has 0 aliphatic heterocycles. The Morgan fingerprint density at radius 2 is 1.90 bits per heavy atom.